The molecular weight excluding hydrogens is 359 g/mol. The molecule has 1 N–H and O–H groups in total. The van der Waals surface area contributed by atoms with Crippen LogP contribution in [0.25, 0.3) is 10.9 Å². The number of rotatable bonds is 4. The van der Waals surface area contributed by atoms with E-state index >= 15 is 0 Å². The summed E-state index contributed by atoms with van der Waals surface area (Å²) in [5.41, 5.74) is 1.41. The van der Waals surface area contributed by atoms with E-state index in [2.05, 4.69) is 17.2 Å². The third kappa shape index (κ3) is 4.18. The number of nitrogens with zero attached hydrogens (tertiary/aromatic N) is 1. The lowest BCUT2D eigenvalue weighted by Gasteiger charge is -2.29. The highest BCUT2D eigenvalue weighted by Gasteiger charge is 2.23. The topological polar surface area (TPSA) is 51.2 Å². The molecule has 134 valence electrons. The molecule has 2 atom stereocenters. The Balaban J connectivity index is 1.74. The fraction of sp³-hybridized carbons (Fsp3) is 0.474. The Hall–Kier alpha value is -1.52. The number of carbonyl (C=O) groups excluding carboxylic acids is 1. The van der Waals surface area contributed by atoms with Crippen LogP contribution in [0.4, 0.5) is 0 Å². The summed E-state index contributed by atoms with van der Waals surface area (Å²) in [6, 6.07) is 5.61. The Kier molecular flexibility index (Phi) is 5.70. The van der Waals surface area contributed by atoms with Crippen LogP contribution in [0.1, 0.15) is 38.3 Å². The highest BCUT2D eigenvalue weighted by Crippen LogP contribution is 2.37. The van der Waals surface area contributed by atoms with Gasteiger partial charge in [0.25, 0.3) is 5.91 Å². The summed E-state index contributed by atoms with van der Waals surface area (Å²) in [5, 5.41) is 4.70. The Morgan fingerprint density at radius 2 is 2.04 bits per heavy atom. The van der Waals surface area contributed by atoms with Crippen LogP contribution < -0.4 is 10.1 Å². The zero-order valence-corrected chi connectivity index (χ0v) is 16.0. The largest absolute Gasteiger partial charge is 0.480 e. The first-order chi connectivity index (χ1) is 12.0. The van der Waals surface area contributed by atoms with Crippen molar-refractivity contribution in [2.24, 2.45) is 5.92 Å². The highest BCUT2D eigenvalue weighted by molar-refractivity contribution is 6.39. The second-order valence-corrected chi connectivity index (χ2v) is 7.56. The van der Waals surface area contributed by atoms with Crippen molar-refractivity contribution in [2.75, 3.05) is 6.61 Å². The molecule has 0 radical (unpaired) electrons. The highest BCUT2D eigenvalue weighted by atomic mass is 35.5. The number of hydrogen-bond donors (Lipinski definition) is 1. The molecule has 1 aliphatic carbocycles. The molecular formula is C19H22Cl2N2O2. The van der Waals surface area contributed by atoms with Crippen LogP contribution in [-0.2, 0) is 4.79 Å². The zero-order valence-electron chi connectivity index (χ0n) is 14.4. The van der Waals surface area contributed by atoms with Crippen molar-refractivity contribution < 1.29 is 9.53 Å². The van der Waals surface area contributed by atoms with E-state index in [1.165, 1.54) is 6.42 Å². The van der Waals surface area contributed by atoms with Crippen LogP contribution >= 0.6 is 23.2 Å². The lowest BCUT2D eigenvalue weighted by molar-refractivity contribution is -0.124. The van der Waals surface area contributed by atoms with Crippen molar-refractivity contribution in [3.63, 3.8) is 0 Å². The Labute approximate surface area is 157 Å². The molecule has 0 saturated heterocycles. The summed E-state index contributed by atoms with van der Waals surface area (Å²) in [7, 11) is 0. The van der Waals surface area contributed by atoms with Crippen LogP contribution in [0.5, 0.6) is 5.75 Å². The van der Waals surface area contributed by atoms with Crippen molar-refractivity contribution in [3.8, 4) is 5.75 Å². The Morgan fingerprint density at radius 1 is 1.28 bits per heavy atom. The van der Waals surface area contributed by atoms with Crippen molar-refractivity contribution >= 4 is 40.0 Å². The Bertz CT molecular complexity index is 795. The van der Waals surface area contributed by atoms with Crippen LogP contribution in [0, 0.1) is 12.8 Å². The number of aryl methyl sites for hydroxylation is 1. The molecule has 3 rings (SSSR count). The first-order valence-electron chi connectivity index (χ1n) is 8.63. The number of fused-ring (bicyclic) bond motifs is 1. The van der Waals surface area contributed by atoms with Gasteiger partial charge in [0, 0.05) is 17.1 Å². The minimum Gasteiger partial charge on any atom is -0.480 e. The second-order valence-electron chi connectivity index (χ2n) is 6.74. The lowest BCUT2D eigenvalue weighted by atomic mass is 9.86. The second kappa shape index (κ2) is 7.79. The van der Waals surface area contributed by atoms with Gasteiger partial charge in [-0.25, -0.2) is 4.98 Å². The summed E-state index contributed by atoms with van der Waals surface area (Å²) in [6.07, 6.45) is 4.58. The maximum atomic E-state index is 12.3. The summed E-state index contributed by atoms with van der Waals surface area (Å²) in [5.74, 6) is 0.768. The van der Waals surface area contributed by atoms with Gasteiger partial charge in [-0.15, -0.1) is 0 Å². The van der Waals surface area contributed by atoms with Gasteiger partial charge in [0.2, 0.25) is 0 Å². The molecule has 1 saturated carbocycles. The SMILES string of the molecule is Cc1ccc2c(Cl)cc(Cl)c(OCC(=O)N[C@H]3CCCC[C@H]3C)c2n1. The van der Waals surface area contributed by atoms with Gasteiger partial charge in [0.15, 0.2) is 12.4 Å². The average molecular weight is 381 g/mol. The molecule has 0 unspecified atom stereocenters. The van der Waals surface area contributed by atoms with E-state index in [1.807, 2.05) is 19.1 Å². The number of halogens is 2. The number of amides is 1. The molecule has 4 nitrogen and oxygen atoms in total. The fourth-order valence-electron chi connectivity index (χ4n) is 3.34. The number of ether oxygens (including phenoxy) is 1. The lowest BCUT2D eigenvalue weighted by Crippen LogP contribution is -2.43. The van der Waals surface area contributed by atoms with Crippen molar-refractivity contribution in [1.29, 1.82) is 0 Å². The van der Waals surface area contributed by atoms with E-state index in [0.29, 0.717) is 27.2 Å². The molecule has 0 bridgehead atoms. The van der Waals surface area contributed by atoms with Crippen LogP contribution in [0.3, 0.4) is 0 Å². The van der Waals surface area contributed by atoms with Crippen molar-refractivity contribution in [3.05, 3.63) is 33.9 Å². The van der Waals surface area contributed by atoms with E-state index in [9.17, 15) is 4.79 Å². The van der Waals surface area contributed by atoms with Gasteiger partial charge in [0.05, 0.1) is 10.0 Å². The number of carbonyl (C=O) groups is 1. The van der Waals surface area contributed by atoms with Crippen LogP contribution in [0.2, 0.25) is 10.0 Å². The van der Waals surface area contributed by atoms with Gasteiger partial charge >= 0.3 is 0 Å². The first kappa shape index (κ1) is 18.3. The van der Waals surface area contributed by atoms with Crippen LogP contribution in [-0.4, -0.2) is 23.5 Å². The molecule has 1 aliphatic rings. The predicted octanol–water partition coefficient (Wildman–Crippen LogP) is 4.92. The minimum absolute atomic E-state index is 0.0880. The predicted molar refractivity (Wildman–Crippen MR) is 102 cm³/mol. The maximum Gasteiger partial charge on any atom is 0.258 e. The van der Waals surface area contributed by atoms with Gasteiger partial charge in [-0.2, -0.15) is 0 Å². The quantitative estimate of drug-likeness (QED) is 0.818. The van der Waals surface area contributed by atoms with E-state index in [0.717, 1.165) is 30.3 Å². The molecule has 1 aromatic heterocycles. The summed E-state index contributed by atoms with van der Waals surface area (Å²) in [6.45, 7) is 3.98. The van der Waals surface area contributed by atoms with Gasteiger partial charge in [0.1, 0.15) is 5.52 Å². The normalized spacial score (nSPS) is 20.5. The molecule has 0 aliphatic heterocycles. The number of pyridine rings is 1. The van der Waals surface area contributed by atoms with Crippen molar-refractivity contribution in [1.82, 2.24) is 10.3 Å². The summed E-state index contributed by atoms with van der Waals surface area (Å²) >= 11 is 12.5. The maximum absolute atomic E-state index is 12.3. The minimum atomic E-state index is -0.134. The van der Waals surface area contributed by atoms with E-state index in [-0.39, 0.29) is 18.6 Å². The standard InChI is InChI=1S/C19H22Cl2N2O2/c1-11-5-3-4-6-16(11)23-17(24)10-25-19-15(21)9-14(20)13-8-7-12(2)22-18(13)19/h7-9,11,16H,3-6,10H2,1-2H3,(H,23,24)/t11-,16+/m1/s1. The molecule has 1 fully saturated rings. The van der Waals surface area contributed by atoms with E-state index in [1.54, 1.807) is 6.07 Å². The molecule has 6 heteroatoms. The number of benzene rings is 1. The number of hydrogen-bond acceptors (Lipinski definition) is 3. The third-order valence-corrected chi connectivity index (χ3v) is 5.38. The molecule has 0 spiro atoms. The molecule has 1 aromatic carbocycles. The average Bonchev–Trinajstić information content (AvgIpc) is 2.56. The number of aromatic nitrogens is 1. The monoisotopic (exact) mass is 380 g/mol. The molecule has 25 heavy (non-hydrogen) atoms. The summed E-state index contributed by atoms with van der Waals surface area (Å²) in [4.78, 5) is 16.8. The molecule has 1 amide bonds. The van der Waals surface area contributed by atoms with Gasteiger partial charge in [-0.05, 0) is 43.9 Å². The van der Waals surface area contributed by atoms with Crippen LogP contribution in [0.15, 0.2) is 18.2 Å². The van der Waals surface area contributed by atoms with Gasteiger partial charge < -0.3 is 10.1 Å². The van der Waals surface area contributed by atoms with Crippen molar-refractivity contribution in [2.45, 2.75) is 45.6 Å². The summed E-state index contributed by atoms with van der Waals surface area (Å²) < 4.78 is 5.73. The molecule has 1 heterocycles. The Morgan fingerprint density at radius 3 is 2.80 bits per heavy atom. The first-order valence-corrected chi connectivity index (χ1v) is 9.39. The van der Waals surface area contributed by atoms with Gasteiger partial charge in [-0.1, -0.05) is 43.0 Å². The molecule has 2 aromatic rings. The smallest absolute Gasteiger partial charge is 0.258 e. The van der Waals surface area contributed by atoms with E-state index < -0.39 is 0 Å². The fourth-order valence-corrected chi connectivity index (χ4v) is 3.91. The zero-order chi connectivity index (χ0) is 18.0. The van der Waals surface area contributed by atoms with E-state index in [4.69, 9.17) is 27.9 Å². The third-order valence-electron chi connectivity index (χ3n) is 4.78. The number of nitrogens with one attached hydrogen (secondary N) is 1. The van der Waals surface area contributed by atoms with Gasteiger partial charge in [-0.3, -0.25) is 4.79 Å².